The summed E-state index contributed by atoms with van der Waals surface area (Å²) >= 11 is 5.81. The zero-order chi connectivity index (χ0) is 18.1. The lowest BCUT2D eigenvalue weighted by Crippen LogP contribution is -2.50. The van der Waals surface area contributed by atoms with E-state index in [1.165, 1.54) is 0 Å². The van der Waals surface area contributed by atoms with Gasteiger partial charge in [0.05, 0.1) is 12.0 Å². The van der Waals surface area contributed by atoms with Crippen molar-refractivity contribution in [3.63, 3.8) is 0 Å². The average molecular weight is 368 g/mol. The van der Waals surface area contributed by atoms with Crippen molar-refractivity contribution in [1.82, 2.24) is 10.6 Å². The Kier molecular flexibility index (Phi) is 7.68. The minimum absolute atomic E-state index is 0.0222. The number of hydrogen-bond donors (Lipinski definition) is 3. The van der Waals surface area contributed by atoms with Crippen LogP contribution >= 0.6 is 11.6 Å². The van der Waals surface area contributed by atoms with Crippen LogP contribution in [0.2, 0.25) is 5.02 Å². The summed E-state index contributed by atoms with van der Waals surface area (Å²) in [5, 5.41) is 9.66. The molecule has 0 atom stereocenters. The summed E-state index contributed by atoms with van der Waals surface area (Å²) in [7, 11) is 1.62. The minimum atomic E-state index is -0.453. The van der Waals surface area contributed by atoms with Crippen LogP contribution in [0.15, 0.2) is 24.3 Å². The molecule has 0 unspecified atom stereocenters. The highest BCUT2D eigenvalue weighted by atomic mass is 35.5. The molecule has 0 radical (unpaired) electrons. The summed E-state index contributed by atoms with van der Waals surface area (Å²) < 4.78 is 5.26. The second-order valence-electron chi connectivity index (χ2n) is 6.38. The molecule has 3 N–H and O–H groups in total. The summed E-state index contributed by atoms with van der Waals surface area (Å²) in [6.45, 7) is 2.55. The fourth-order valence-electron chi connectivity index (χ4n) is 3.01. The monoisotopic (exact) mass is 367 g/mol. The van der Waals surface area contributed by atoms with E-state index in [0.29, 0.717) is 36.7 Å². The number of methoxy groups -OCH3 is 1. The lowest BCUT2D eigenvalue weighted by Gasteiger charge is -2.35. The largest absolute Gasteiger partial charge is 0.384 e. The average Bonchev–Trinajstić information content (AvgIpc) is 2.61. The molecule has 2 rings (SSSR count). The van der Waals surface area contributed by atoms with Crippen LogP contribution in [0.1, 0.15) is 25.7 Å². The maximum Gasteiger partial charge on any atom is 0.228 e. The van der Waals surface area contributed by atoms with Crippen LogP contribution in [-0.4, -0.2) is 45.2 Å². The lowest BCUT2D eigenvalue weighted by molar-refractivity contribution is -0.136. The SMILES string of the molecule is COCC1(C(=O)NCCCC(=O)Nc2ccc(Cl)cc2)CCNCC1. The van der Waals surface area contributed by atoms with E-state index in [2.05, 4.69) is 16.0 Å². The first-order chi connectivity index (χ1) is 12.1. The van der Waals surface area contributed by atoms with E-state index in [1.54, 1.807) is 31.4 Å². The Balaban J connectivity index is 1.71. The van der Waals surface area contributed by atoms with Crippen LogP contribution in [0.5, 0.6) is 0 Å². The van der Waals surface area contributed by atoms with Crippen LogP contribution in [0, 0.1) is 5.41 Å². The van der Waals surface area contributed by atoms with Gasteiger partial charge in [0.1, 0.15) is 0 Å². The van der Waals surface area contributed by atoms with E-state index in [1.807, 2.05) is 0 Å². The molecular weight excluding hydrogens is 342 g/mol. The molecule has 1 heterocycles. The maximum atomic E-state index is 12.5. The second-order valence-corrected chi connectivity index (χ2v) is 6.81. The molecule has 1 saturated heterocycles. The van der Waals surface area contributed by atoms with E-state index < -0.39 is 5.41 Å². The smallest absolute Gasteiger partial charge is 0.228 e. The Hall–Kier alpha value is -1.63. The van der Waals surface area contributed by atoms with Gasteiger partial charge in [0.15, 0.2) is 0 Å². The minimum Gasteiger partial charge on any atom is -0.384 e. The summed E-state index contributed by atoms with van der Waals surface area (Å²) in [5.74, 6) is -0.0565. The number of halogens is 1. The number of amides is 2. The van der Waals surface area contributed by atoms with Gasteiger partial charge in [-0.15, -0.1) is 0 Å². The number of rotatable bonds is 8. The fourth-order valence-corrected chi connectivity index (χ4v) is 3.14. The first kappa shape index (κ1) is 19.7. The van der Waals surface area contributed by atoms with E-state index in [4.69, 9.17) is 16.3 Å². The third-order valence-electron chi connectivity index (χ3n) is 4.46. The lowest BCUT2D eigenvalue weighted by atomic mass is 9.78. The molecular formula is C18H26ClN3O3. The molecule has 1 fully saturated rings. The van der Waals surface area contributed by atoms with Crippen LogP contribution < -0.4 is 16.0 Å². The van der Waals surface area contributed by atoms with E-state index in [9.17, 15) is 9.59 Å². The molecule has 0 aliphatic carbocycles. The molecule has 138 valence electrons. The van der Waals surface area contributed by atoms with Gasteiger partial charge in [-0.3, -0.25) is 9.59 Å². The number of carbonyl (C=O) groups excluding carboxylic acids is 2. The topological polar surface area (TPSA) is 79.5 Å². The van der Waals surface area contributed by atoms with Crippen molar-refractivity contribution < 1.29 is 14.3 Å². The zero-order valence-electron chi connectivity index (χ0n) is 14.6. The highest BCUT2D eigenvalue weighted by Crippen LogP contribution is 2.29. The number of anilines is 1. The Morgan fingerprint density at radius 2 is 1.92 bits per heavy atom. The number of hydrogen-bond acceptors (Lipinski definition) is 4. The summed E-state index contributed by atoms with van der Waals surface area (Å²) in [6, 6.07) is 6.97. The van der Waals surface area contributed by atoms with Gasteiger partial charge in [0.25, 0.3) is 0 Å². The van der Waals surface area contributed by atoms with Crippen molar-refractivity contribution in [2.24, 2.45) is 5.41 Å². The predicted molar refractivity (Wildman–Crippen MR) is 98.7 cm³/mol. The highest BCUT2D eigenvalue weighted by Gasteiger charge is 2.39. The van der Waals surface area contributed by atoms with Gasteiger partial charge in [-0.2, -0.15) is 0 Å². The molecule has 1 aliphatic rings. The number of piperidine rings is 1. The van der Waals surface area contributed by atoms with E-state index in [-0.39, 0.29) is 11.8 Å². The predicted octanol–water partition coefficient (Wildman–Crippen LogP) is 2.19. The molecule has 7 heteroatoms. The maximum absolute atomic E-state index is 12.5. The van der Waals surface area contributed by atoms with Crippen molar-refractivity contribution in [2.45, 2.75) is 25.7 Å². The van der Waals surface area contributed by atoms with Crippen LogP contribution in [0.3, 0.4) is 0 Å². The van der Waals surface area contributed by atoms with Gasteiger partial charge in [-0.1, -0.05) is 11.6 Å². The first-order valence-electron chi connectivity index (χ1n) is 8.59. The van der Waals surface area contributed by atoms with Crippen LogP contribution in [0.4, 0.5) is 5.69 Å². The standard InChI is InChI=1S/C18H26ClN3O3/c1-25-13-18(8-11-20-12-9-18)17(24)21-10-2-3-16(23)22-15-6-4-14(19)5-7-15/h4-7,20H,2-3,8-13H2,1H3,(H,21,24)(H,22,23). The Morgan fingerprint density at radius 3 is 2.56 bits per heavy atom. The van der Waals surface area contributed by atoms with Gasteiger partial charge in [-0.25, -0.2) is 0 Å². The molecule has 0 bridgehead atoms. The second kappa shape index (κ2) is 9.75. The number of carbonyl (C=O) groups is 2. The van der Waals surface area contributed by atoms with Gasteiger partial charge >= 0.3 is 0 Å². The third-order valence-corrected chi connectivity index (χ3v) is 4.71. The van der Waals surface area contributed by atoms with Crippen LogP contribution in [-0.2, 0) is 14.3 Å². The third kappa shape index (κ3) is 5.99. The quantitative estimate of drug-likeness (QED) is 0.615. The van der Waals surface area contributed by atoms with Crippen molar-refractivity contribution in [2.75, 3.05) is 38.7 Å². The molecule has 0 saturated carbocycles. The molecule has 1 aromatic rings. The van der Waals surface area contributed by atoms with Crippen molar-refractivity contribution in [3.8, 4) is 0 Å². The van der Waals surface area contributed by atoms with Gasteiger partial charge < -0.3 is 20.7 Å². The number of ether oxygens (including phenoxy) is 1. The molecule has 1 aliphatic heterocycles. The van der Waals surface area contributed by atoms with Gasteiger partial charge in [0.2, 0.25) is 11.8 Å². The molecule has 0 aromatic heterocycles. The molecule has 2 amide bonds. The number of nitrogens with one attached hydrogen (secondary N) is 3. The van der Waals surface area contributed by atoms with E-state index >= 15 is 0 Å². The van der Waals surface area contributed by atoms with Crippen molar-refractivity contribution in [3.05, 3.63) is 29.3 Å². The molecule has 1 aromatic carbocycles. The molecule has 25 heavy (non-hydrogen) atoms. The summed E-state index contributed by atoms with van der Waals surface area (Å²) in [4.78, 5) is 24.5. The summed E-state index contributed by atoms with van der Waals surface area (Å²) in [5.41, 5.74) is 0.262. The van der Waals surface area contributed by atoms with Gasteiger partial charge in [-0.05, 0) is 56.6 Å². The zero-order valence-corrected chi connectivity index (χ0v) is 15.3. The highest BCUT2D eigenvalue weighted by molar-refractivity contribution is 6.30. The Bertz CT molecular complexity index is 566. The fraction of sp³-hybridized carbons (Fsp3) is 0.556. The van der Waals surface area contributed by atoms with E-state index in [0.717, 1.165) is 25.9 Å². The van der Waals surface area contributed by atoms with Gasteiger partial charge in [0, 0.05) is 30.8 Å². The van der Waals surface area contributed by atoms with Crippen LogP contribution in [0.25, 0.3) is 0 Å². The molecule has 6 nitrogen and oxygen atoms in total. The summed E-state index contributed by atoms with van der Waals surface area (Å²) in [6.07, 6.45) is 2.47. The Labute approximate surface area is 153 Å². The normalized spacial score (nSPS) is 16.2. The molecule has 0 spiro atoms. The number of benzene rings is 1. The Morgan fingerprint density at radius 1 is 1.24 bits per heavy atom. The first-order valence-corrected chi connectivity index (χ1v) is 8.97. The van der Waals surface area contributed by atoms with Crippen molar-refractivity contribution in [1.29, 1.82) is 0 Å². The van der Waals surface area contributed by atoms with Crippen molar-refractivity contribution >= 4 is 29.1 Å².